The molecular weight excluding hydrogens is 356 g/mol. The van der Waals surface area contributed by atoms with Crippen LogP contribution in [0.4, 0.5) is 8.78 Å². The number of amides is 1. The van der Waals surface area contributed by atoms with Gasteiger partial charge < -0.3 is 19.1 Å². The van der Waals surface area contributed by atoms with Crippen molar-refractivity contribution in [1.29, 1.82) is 0 Å². The maximum Gasteiger partial charge on any atom is 0.266 e. The van der Waals surface area contributed by atoms with E-state index in [0.717, 1.165) is 12.1 Å². The lowest BCUT2D eigenvalue weighted by molar-refractivity contribution is -0.164. The molecule has 2 atom stereocenters. The summed E-state index contributed by atoms with van der Waals surface area (Å²) in [4.78, 5) is 14.2. The molecule has 0 spiro atoms. The Kier molecular flexibility index (Phi) is 5.91. The van der Waals surface area contributed by atoms with Gasteiger partial charge in [0.05, 0.1) is 7.11 Å². The van der Waals surface area contributed by atoms with Crippen molar-refractivity contribution in [2.75, 3.05) is 27.4 Å². The van der Waals surface area contributed by atoms with E-state index >= 15 is 0 Å². The van der Waals surface area contributed by atoms with E-state index in [1.165, 1.54) is 13.2 Å². The average molecular weight is 377 g/mol. The number of rotatable bonds is 8. The molecule has 5 nitrogen and oxygen atoms in total. The summed E-state index contributed by atoms with van der Waals surface area (Å²) in [6.45, 7) is 0.925. The first kappa shape index (κ1) is 19.1. The third kappa shape index (κ3) is 3.88. The van der Waals surface area contributed by atoms with Crippen molar-refractivity contribution in [3.8, 4) is 11.5 Å². The summed E-state index contributed by atoms with van der Waals surface area (Å²) in [6, 6.07) is 10.1. The molecule has 1 aliphatic heterocycles. The first-order valence-electron chi connectivity index (χ1n) is 8.61. The fourth-order valence-corrected chi connectivity index (χ4v) is 3.16. The van der Waals surface area contributed by atoms with Crippen LogP contribution in [0.25, 0.3) is 0 Å². The molecule has 7 heteroatoms. The van der Waals surface area contributed by atoms with Crippen molar-refractivity contribution >= 4 is 5.91 Å². The number of likely N-dealkylation sites (tertiary alicyclic amines) is 1. The number of hydrogen-bond acceptors (Lipinski definition) is 4. The Hall–Kier alpha value is -2.67. The van der Waals surface area contributed by atoms with Crippen molar-refractivity contribution in [2.45, 2.75) is 18.6 Å². The molecule has 0 aromatic heterocycles. The molecular formula is C20H21F2NO4. The summed E-state index contributed by atoms with van der Waals surface area (Å²) in [7, 11) is 3.09. The van der Waals surface area contributed by atoms with Crippen molar-refractivity contribution in [2.24, 2.45) is 0 Å². The highest BCUT2D eigenvalue weighted by molar-refractivity contribution is 5.89. The number of nitrogens with zero attached hydrogens (tertiary/aromatic N) is 1. The maximum atomic E-state index is 13.7. The van der Waals surface area contributed by atoms with Gasteiger partial charge in [-0.05, 0) is 36.2 Å². The zero-order valence-corrected chi connectivity index (χ0v) is 15.2. The number of halogens is 2. The van der Waals surface area contributed by atoms with Gasteiger partial charge in [0, 0.05) is 20.3 Å². The third-order valence-electron chi connectivity index (χ3n) is 4.50. The normalized spacial score (nSPS) is 19.0. The van der Waals surface area contributed by atoms with Crippen LogP contribution in [-0.2, 0) is 9.53 Å². The quantitative estimate of drug-likeness (QED) is 0.523. The van der Waals surface area contributed by atoms with Gasteiger partial charge in [-0.2, -0.15) is 0 Å². The van der Waals surface area contributed by atoms with Gasteiger partial charge in [0.15, 0.2) is 23.1 Å². The molecule has 0 radical (unpaired) electrons. The van der Waals surface area contributed by atoms with Crippen LogP contribution in [0.1, 0.15) is 18.0 Å². The summed E-state index contributed by atoms with van der Waals surface area (Å²) >= 11 is 0. The standard InChI is InChI=1S/C20H21F2NO4/c1-25-11-5-10-23-18(13-8-9-14(21)15(22)12-13)19(20(23)24)27-17-7-4-3-6-16(17)26-2/h3-4,6-9,12,18-19H,5,10-11H2,1-2H3/t18-,19-/m1/s1. The van der Waals surface area contributed by atoms with Crippen LogP contribution in [0.2, 0.25) is 0 Å². The van der Waals surface area contributed by atoms with Gasteiger partial charge in [0.25, 0.3) is 5.91 Å². The van der Waals surface area contributed by atoms with Crippen LogP contribution in [0.15, 0.2) is 42.5 Å². The van der Waals surface area contributed by atoms with Gasteiger partial charge in [0.2, 0.25) is 6.10 Å². The Morgan fingerprint density at radius 2 is 1.78 bits per heavy atom. The molecule has 1 fully saturated rings. The number of ether oxygens (including phenoxy) is 3. The zero-order chi connectivity index (χ0) is 19.4. The van der Waals surface area contributed by atoms with E-state index in [1.54, 1.807) is 36.3 Å². The molecule has 144 valence electrons. The second-order valence-electron chi connectivity index (χ2n) is 6.19. The van der Waals surface area contributed by atoms with Crippen LogP contribution >= 0.6 is 0 Å². The summed E-state index contributed by atoms with van der Waals surface area (Å²) in [5.74, 6) is -1.20. The second kappa shape index (κ2) is 8.35. The zero-order valence-electron chi connectivity index (χ0n) is 15.2. The maximum absolute atomic E-state index is 13.7. The second-order valence-corrected chi connectivity index (χ2v) is 6.19. The Morgan fingerprint density at radius 3 is 2.44 bits per heavy atom. The van der Waals surface area contributed by atoms with E-state index in [4.69, 9.17) is 14.2 Å². The number of carbonyl (C=O) groups excluding carboxylic acids is 1. The highest BCUT2D eigenvalue weighted by atomic mass is 19.2. The number of para-hydroxylation sites is 2. The molecule has 0 aliphatic carbocycles. The molecule has 0 bridgehead atoms. The highest BCUT2D eigenvalue weighted by Crippen LogP contribution is 2.40. The molecule has 3 rings (SSSR count). The summed E-state index contributed by atoms with van der Waals surface area (Å²) in [6.07, 6.45) is -0.210. The van der Waals surface area contributed by atoms with Crippen molar-refractivity contribution in [3.63, 3.8) is 0 Å². The molecule has 1 heterocycles. The van der Waals surface area contributed by atoms with Gasteiger partial charge >= 0.3 is 0 Å². The number of carbonyl (C=O) groups is 1. The molecule has 0 saturated carbocycles. The van der Waals surface area contributed by atoms with E-state index in [2.05, 4.69) is 0 Å². The fourth-order valence-electron chi connectivity index (χ4n) is 3.16. The SMILES string of the molecule is COCCCN1C(=O)[C@H](Oc2ccccc2OC)[C@H]1c1ccc(F)c(F)c1. The molecule has 1 aliphatic rings. The minimum atomic E-state index is -0.959. The van der Waals surface area contributed by atoms with Gasteiger partial charge in [-0.15, -0.1) is 0 Å². The molecule has 1 amide bonds. The van der Waals surface area contributed by atoms with Crippen LogP contribution in [0, 0.1) is 11.6 Å². The van der Waals surface area contributed by atoms with Crippen LogP contribution in [-0.4, -0.2) is 44.3 Å². The lowest BCUT2D eigenvalue weighted by atomic mass is 9.90. The van der Waals surface area contributed by atoms with Gasteiger partial charge in [-0.1, -0.05) is 18.2 Å². The van der Waals surface area contributed by atoms with Crippen LogP contribution in [0.5, 0.6) is 11.5 Å². The largest absolute Gasteiger partial charge is 0.493 e. The summed E-state index contributed by atoms with van der Waals surface area (Å²) < 4.78 is 43.3. The van der Waals surface area contributed by atoms with Gasteiger partial charge in [0.1, 0.15) is 6.04 Å². The Balaban J connectivity index is 1.86. The number of benzene rings is 2. The molecule has 2 aromatic carbocycles. The molecule has 0 N–H and O–H groups in total. The van der Waals surface area contributed by atoms with Crippen molar-refractivity contribution < 1.29 is 27.8 Å². The summed E-state index contributed by atoms with van der Waals surface area (Å²) in [5.41, 5.74) is 0.478. The first-order chi connectivity index (χ1) is 13.1. The Labute approximate surface area is 156 Å². The predicted octanol–water partition coefficient (Wildman–Crippen LogP) is 3.34. The van der Waals surface area contributed by atoms with E-state index in [0.29, 0.717) is 36.6 Å². The number of β-lactam (4-membered cyclic amide) rings is 1. The van der Waals surface area contributed by atoms with E-state index in [-0.39, 0.29) is 5.91 Å². The predicted molar refractivity (Wildman–Crippen MR) is 94.7 cm³/mol. The lowest BCUT2D eigenvalue weighted by Gasteiger charge is -2.47. The number of hydrogen-bond donors (Lipinski definition) is 0. The van der Waals surface area contributed by atoms with Gasteiger partial charge in [-0.25, -0.2) is 8.78 Å². The fraction of sp³-hybridized carbons (Fsp3) is 0.350. The topological polar surface area (TPSA) is 48.0 Å². The third-order valence-corrected chi connectivity index (χ3v) is 4.50. The van der Waals surface area contributed by atoms with Crippen LogP contribution in [0.3, 0.4) is 0 Å². The van der Waals surface area contributed by atoms with E-state index in [9.17, 15) is 13.6 Å². The molecule has 2 aromatic rings. The lowest BCUT2D eigenvalue weighted by Crippen LogP contribution is -2.61. The van der Waals surface area contributed by atoms with E-state index < -0.39 is 23.8 Å². The summed E-state index contributed by atoms with van der Waals surface area (Å²) in [5, 5.41) is 0. The van der Waals surface area contributed by atoms with Gasteiger partial charge in [-0.3, -0.25) is 4.79 Å². The monoisotopic (exact) mass is 377 g/mol. The first-order valence-corrected chi connectivity index (χ1v) is 8.61. The molecule has 0 unspecified atom stereocenters. The van der Waals surface area contributed by atoms with Crippen LogP contribution < -0.4 is 9.47 Å². The highest BCUT2D eigenvalue weighted by Gasteiger charge is 2.50. The molecule has 27 heavy (non-hydrogen) atoms. The smallest absolute Gasteiger partial charge is 0.266 e. The Bertz CT molecular complexity index is 814. The molecule has 1 saturated heterocycles. The van der Waals surface area contributed by atoms with Crippen molar-refractivity contribution in [1.82, 2.24) is 4.90 Å². The van der Waals surface area contributed by atoms with E-state index in [1.807, 2.05) is 0 Å². The van der Waals surface area contributed by atoms with Crippen molar-refractivity contribution in [3.05, 3.63) is 59.7 Å². The minimum absolute atomic E-state index is 0.216. The Morgan fingerprint density at radius 1 is 1.04 bits per heavy atom. The number of methoxy groups -OCH3 is 2. The average Bonchev–Trinajstić information content (AvgIpc) is 2.68. The minimum Gasteiger partial charge on any atom is -0.493 e.